The maximum atomic E-state index is 13.4. The Balaban J connectivity index is 1.53. The second kappa shape index (κ2) is 7.75. The van der Waals surface area contributed by atoms with Crippen molar-refractivity contribution in [2.75, 3.05) is 13.1 Å². The Kier molecular flexibility index (Phi) is 5.33. The summed E-state index contributed by atoms with van der Waals surface area (Å²) in [5.74, 6) is -2.11. The van der Waals surface area contributed by atoms with Crippen LogP contribution in [-0.4, -0.2) is 54.9 Å². The molecule has 0 spiro atoms. The molecule has 6 nitrogen and oxygen atoms in total. The molecule has 1 atom stereocenters. The summed E-state index contributed by atoms with van der Waals surface area (Å²) in [6, 6.07) is 7.52. The number of halogens is 2. The van der Waals surface area contributed by atoms with Gasteiger partial charge in [-0.2, -0.15) is 9.61 Å². The molecular formula is C18H19F2N5OS2. The second-order valence-electron chi connectivity index (χ2n) is 6.64. The summed E-state index contributed by atoms with van der Waals surface area (Å²) in [7, 11) is 0. The Bertz CT molecular complexity index is 966. The number of carbonyl (C=O) groups excluding carboxylic acids is 1. The van der Waals surface area contributed by atoms with E-state index in [0.29, 0.717) is 22.9 Å². The zero-order chi connectivity index (χ0) is 19.7. The van der Waals surface area contributed by atoms with E-state index in [2.05, 4.69) is 15.3 Å². The molecule has 1 aliphatic heterocycles. The van der Waals surface area contributed by atoms with Crippen LogP contribution < -0.4 is 0 Å². The Morgan fingerprint density at radius 2 is 2.07 bits per heavy atom. The molecule has 0 bridgehead atoms. The second-order valence-corrected chi connectivity index (χ2v) is 8.81. The van der Waals surface area contributed by atoms with Crippen LogP contribution in [0.25, 0.3) is 16.3 Å². The number of piperidine rings is 1. The van der Waals surface area contributed by atoms with Crippen LogP contribution in [-0.2, 0) is 4.79 Å². The van der Waals surface area contributed by atoms with Gasteiger partial charge in [0.2, 0.25) is 5.91 Å². The topological polar surface area (TPSA) is 63.4 Å². The Morgan fingerprint density at radius 1 is 1.29 bits per heavy atom. The van der Waals surface area contributed by atoms with Gasteiger partial charge in [-0.25, -0.2) is 8.78 Å². The molecule has 0 radical (unpaired) electrons. The summed E-state index contributed by atoms with van der Waals surface area (Å²) in [4.78, 5) is 15.3. The SMILES string of the molecule is CC[C@@H](Sc1ccc2nnc(-c3cccs3)n2n1)C(=O)N1CCC(F)(F)CC1. The third-order valence-corrected chi connectivity index (χ3v) is 6.84. The minimum Gasteiger partial charge on any atom is -0.341 e. The van der Waals surface area contributed by atoms with Crippen molar-refractivity contribution in [1.29, 1.82) is 0 Å². The molecule has 0 saturated carbocycles. The van der Waals surface area contributed by atoms with E-state index in [1.54, 1.807) is 20.8 Å². The number of aromatic nitrogens is 4. The number of carbonyl (C=O) groups is 1. The van der Waals surface area contributed by atoms with Crippen LogP contribution in [0.4, 0.5) is 8.78 Å². The van der Waals surface area contributed by atoms with Crippen LogP contribution in [0.2, 0.25) is 0 Å². The average molecular weight is 424 g/mol. The Hall–Kier alpha value is -2.07. The fourth-order valence-corrected chi connectivity index (χ4v) is 4.78. The van der Waals surface area contributed by atoms with Gasteiger partial charge in [0.05, 0.1) is 10.1 Å². The molecule has 0 N–H and O–H groups in total. The average Bonchev–Trinajstić information content (AvgIpc) is 3.34. The first-order chi connectivity index (χ1) is 13.5. The molecule has 4 heterocycles. The van der Waals surface area contributed by atoms with Crippen LogP contribution in [0.1, 0.15) is 26.2 Å². The summed E-state index contributed by atoms with van der Waals surface area (Å²) < 4.78 is 28.4. The highest BCUT2D eigenvalue weighted by Crippen LogP contribution is 2.31. The number of hydrogen-bond acceptors (Lipinski definition) is 6. The fourth-order valence-electron chi connectivity index (χ4n) is 3.11. The van der Waals surface area contributed by atoms with E-state index >= 15 is 0 Å². The molecule has 1 aliphatic rings. The normalized spacial score (nSPS) is 17.8. The summed E-state index contributed by atoms with van der Waals surface area (Å²) in [6.07, 6.45) is 0.0555. The van der Waals surface area contributed by atoms with Gasteiger partial charge in [-0.1, -0.05) is 24.8 Å². The number of thiophene rings is 1. The number of thioether (sulfide) groups is 1. The summed E-state index contributed by atoms with van der Waals surface area (Å²) in [5, 5.41) is 15.2. The van der Waals surface area contributed by atoms with E-state index in [4.69, 9.17) is 0 Å². The number of hydrogen-bond donors (Lipinski definition) is 0. The zero-order valence-electron chi connectivity index (χ0n) is 15.2. The molecule has 0 unspecified atom stereocenters. The van der Waals surface area contributed by atoms with Gasteiger partial charge in [0.25, 0.3) is 5.92 Å². The zero-order valence-corrected chi connectivity index (χ0v) is 16.8. The van der Waals surface area contributed by atoms with Gasteiger partial charge in [-0.05, 0) is 30.0 Å². The molecule has 1 saturated heterocycles. The van der Waals surface area contributed by atoms with Gasteiger partial charge in [-0.3, -0.25) is 4.79 Å². The third kappa shape index (κ3) is 3.88. The van der Waals surface area contributed by atoms with Crippen molar-refractivity contribution in [2.45, 2.75) is 42.4 Å². The van der Waals surface area contributed by atoms with Gasteiger partial charge in [0.1, 0.15) is 5.03 Å². The van der Waals surface area contributed by atoms with Crippen LogP contribution in [0.5, 0.6) is 0 Å². The van der Waals surface area contributed by atoms with E-state index in [1.165, 1.54) is 11.8 Å². The lowest BCUT2D eigenvalue weighted by atomic mass is 10.1. The first-order valence-electron chi connectivity index (χ1n) is 9.06. The smallest absolute Gasteiger partial charge is 0.251 e. The molecular weight excluding hydrogens is 404 g/mol. The molecule has 3 aromatic heterocycles. The number of amides is 1. The van der Waals surface area contributed by atoms with E-state index in [0.717, 1.165) is 4.88 Å². The predicted molar refractivity (Wildman–Crippen MR) is 105 cm³/mol. The maximum Gasteiger partial charge on any atom is 0.251 e. The molecule has 4 rings (SSSR count). The van der Waals surface area contributed by atoms with Gasteiger partial charge >= 0.3 is 0 Å². The highest BCUT2D eigenvalue weighted by atomic mass is 32.2. The summed E-state index contributed by atoms with van der Waals surface area (Å²) in [6.45, 7) is 2.12. The molecule has 0 aliphatic carbocycles. The van der Waals surface area contributed by atoms with Crippen molar-refractivity contribution in [1.82, 2.24) is 24.7 Å². The molecule has 3 aromatic rings. The first-order valence-corrected chi connectivity index (χ1v) is 10.8. The number of alkyl halides is 2. The van der Waals surface area contributed by atoms with Gasteiger partial charge in [-0.15, -0.1) is 21.5 Å². The lowest BCUT2D eigenvalue weighted by Crippen LogP contribution is -2.46. The van der Waals surface area contributed by atoms with Crippen molar-refractivity contribution in [3.8, 4) is 10.7 Å². The van der Waals surface area contributed by atoms with Crippen molar-refractivity contribution in [2.24, 2.45) is 0 Å². The molecule has 28 heavy (non-hydrogen) atoms. The van der Waals surface area contributed by atoms with Crippen LogP contribution in [0.15, 0.2) is 34.7 Å². The number of nitrogens with zero attached hydrogens (tertiary/aromatic N) is 5. The lowest BCUT2D eigenvalue weighted by molar-refractivity contribution is -0.136. The third-order valence-electron chi connectivity index (χ3n) is 4.70. The largest absolute Gasteiger partial charge is 0.341 e. The monoisotopic (exact) mass is 423 g/mol. The molecule has 0 aromatic carbocycles. The highest BCUT2D eigenvalue weighted by Gasteiger charge is 2.37. The van der Waals surface area contributed by atoms with Crippen molar-refractivity contribution in [3.05, 3.63) is 29.6 Å². The van der Waals surface area contributed by atoms with Gasteiger partial charge in [0.15, 0.2) is 11.5 Å². The van der Waals surface area contributed by atoms with Crippen molar-refractivity contribution >= 4 is 34.7 Å². The summed E-state index contributed by atoms with van der Waals surface area (Å²) in [5.41, 5.74) is 0.630. The summed E-state index contributed by atoms with van der Waals surface area (Å²) >= 11 is 2.90. The fraction of sp³-hybridized carbons (Fsp3) is 0.444. The van der Waals surface area contributed by atoms with Crippen LogP contribution >= 0.6 is 23.1 Å². The molecule has 1 fully saturated rings. The van der Waals surface area contributed by atoms with E-state index < -0.39 is 5.92 Å². The molecule has 1 amide bonds. The quantitative estimate of drug-likeness (QED) is 0.581. The van der Waals surface area contributed by atoms with Crippen LogP contribution in [0.3, 0.4) is 0 Å². The number of rotatable bonds is 5. The highest BCUT2D eigenvalue weighted by molar-refractivity contribution is 8.00. The Morgan fingerprint density at radius 3 is 2.75 bits per heavy atom. The first kappa shape index (κ1) is 19.3. The minimum atomic E-state index is -2.66. The molecule has 148 valence electrons. The minimum absolute atomic E-state index is 0.101. The van der Waals surface area contributed by atoms with Gasteiger partial charge in [0, 0.05) is 25.9 Å². The maximum absolute atomic E-state index is 13.4. The van der Waals surface area contributed by atoms with E-state index in [1.807, 2.05) is 36.6 Å². The van der Waals surface area contributed by atoms with Crippen LogP contribution in [0, 0.1) is 0 Å². The number of fused-ring (bicyclic) bond motifs is 1. The van der Waals surface area contributed by atoms with E-state index in [-0.39, 0.29) is 37.1 Å². The van der Waals surface area contributed by atoms with E-state index in [9.17, 15) is 13.6 Å². The lowest BCUT2D eigenvalue weighted by Gasteiger charge is -2.33. The Labute approximate surface area is 168 Å². The van der Waals surface area contributed by atoms with Crippen molar-refractivity contribution in [3.63, 3.8) is 0 Å². The molecule has 10 heteroatoms. The predicted octanol–water partition coefficient (Wildman–Crippen LogP) is 3.98. The van der Waals surface area contributed by atoms with Gasteiger partial charge < -0.3 is 4.90 Å². The standard InChI is InChI=1S/C18H19F2N5OS2/c1-2-12(17(26)24-9-7-18(19,20)8-10-24)28-15-6-5-14-21-22-16(25(14)23-15)13-4-3-11-27-13/h3-6,11-12H,2,7-10H2,1H3/t12-/m1/s1. The van der Waals surface area contributed by atoms with Crippen molar-refractivity contribution < 1.29 is 13.6 Å². The number of likely N-dealkylation sites (tertiary alicyclic amines) is 1.